The summed E-state index contributed by atoms with van der Waals surface area (Å²) in [6, 6.07) is 5.58. The molecule has 0 atom stereocenters. The summed E-state index contributed by atoms with van der Waals surface area (Å²) in [7, 11) is 0. The first-order chi connectivity index (χ1) is 23.0. The normalized spacial score (nSPS) is 15.6. The van der Waals surface area contributed by atoms with E-state index in [1.54, 1.807) is 9.47 Å². The number of carbonyl (C=O) groups excluding carboxylic acids is 2. The van der Waals surface area contributed by atoms with Crippen LogP contribution >= 0.6 is 11.6 Å². The SMILES string of the molecule is CCc1c(N2CCN(C(=O)c3ncccc3O)CC2)c(=O)n2nc(N3CCCCC3)nc2n1CC(=O)Nc1ccc(C(F)(F)F)cc1Cl. The lowest BCUT2D eigenvalue weighted by Gasteiger charge is -2.36. The minimum atomic E-state index is -4.60. The third-order valence-electron chi connectivity index (χ3n) is 8.53. The number of nitrogens with one attached hydrogen (secondary N) is 1. The number of carbonyl (C=O) groups is 2. The Hall–Kier alpha value is -4.86. The van der Waals surface area contributed by atoms with E-state index in [0.717, 1.165) is 37.5 Å². The molecule has 254 valence electrons. The molecule has 2 saturated heterocycles. The number of hydrogen-bond acceptors (Lipinski definition) is 9. The van der Waals surface area contributed by atoms with E-state index in [2.05, 4.69) is 15.4 Å². The van der Waals surface area contributed by atoms with E-state index in [9.17, 15) is 32.7 Å². The number of rotatable bonds is 7. The first kappa shape index (κ1) is 33.1. The van der Waals surface area contributed by atoms with E-state index >= 15 is 0 Å². The molecule has 2 aliphatic heterocycles. The summed E-state index contributed by atoms with van der Waals surface area (Å²) in [5.41, 5.74) is -0.634. The zero-order valence-electron chi connectivity index (χ0n) is 26.0. The summed E-state index contributed by atoms with van der Waals surface area (Å²) in [6.07, 6.45) is 0.108. The lowest BCUT2D eigenvalue weighted by Crippen LogP contribution is -2.51. The van der Waals surface area contributed by atoms with Crippen LogP contribution in [0, 0.1) is 0 Å². The van der Waals surface area contributed by atoms with Crippen molar-refractivity contribution in [1.82, 2.24) is 29.0 Å². The van der Waals surface area contributed by atoms with Gasteiger partial charge in [-0.2, -0.15) is 22.7 Å². The van der Waals surface area contributed by atoms with Crippen LogP contribution in [0.2, 0.25) is 5.02 Å². The number of anilines is 3. The predicted octanol–water partition coefficient (Wildman–Crippen LogP) is 3.82. The highest BCUT2D eigenvalue weighted by Gasteiger charge is 2.32. The van der Waals surface area contributed by atoms with Gasteiger partial charge in [-0.25, -0.2) is 4.98 Å². The number of nitrogens with zero attached hydrogens (tertiary/aromatic N) is 8. The van der Waals surface area contributed by atoms with Crippen LogP contribution in [0.15, 0.2) is 41.3 Å². The zero-order chi connectivity index (χ0) is 34.2. The second-order valence-corrected chi connectivity index (χ2v) is 12.0. The Bertz CT molecular complexity index is 1920. The molecule has 2 amide bonds. The standard InChI is InChI=1S/C31H33ClF3N9O4/c1-2-22-26(40-13-15-41(16-14-40)27(47)25-23(45)7-6-10-36-25)28(48)44-30(38-29(39-44)42-11-4-3-5-12-42)43(22)18-24(46)37-21-9-8-19(17-20(21)32)31(33,34)35/h6-10,17,45H,2-5,11-16,18H2,1H3,(H,37,46). The van der Waals surface area contributed by atoms with Crippen molar-refractivity contribution >= 4 is 46.5 Å². The fraction of sp³-hybridized carbons (Fsp3) is 0.419. The molecular formula is C31H33ClF3N9O4. The maximum Gasteiger partial charge on any atom is 0.416 e. The van der Waals surface area contributed by atoms with E-state index in [1.165, 1.54) is 22.8 Å². The number of fused-ring (bicyclic) bond motifs is 1. The van der Waals surface area contributed by atoms with E-state index in [1.807, 2.05) is 16.7 Å². The Labute approximate surface area is 277 Å². The van der Waals surface area contributed by atoms with Crippen molar-refractivity contribution in [3.05, 3.63) is 68.9 Å². The quantitative estimate of drug-likeness (QED) is 0.297. The van der Waals surface area contributed by atoms with Crippen LogP contribution in [-0.2, 0) is 23.9 Å². The minimum Gasteiger partial charge on any atom is -0.505 e. The van der Waals surface area contributed by atoms with Gasteiger partial charge in [0.2, 0.25) is 17.6 Å². The smallest absolute Gasteiger partial charge is 0.416 e. The number of aromatic hydroxyl groups is 1. The van der Waals surface area contributed by atoms with Gasteiger partial charge in [0.15, 0.2) is 5.69 Å². The maximum absolute atomic E-state index is 14.1. The largest absolute Gasteiger partial charge is 0.505 e. The molecule has 2 fully saturated rings. The number of aromatic nitrogens is 5. The summed E-state index contributed by atoms with van der Waals surface area (Å²) in [5, 5.41) is 17.0. The molecule has 0 radical (unpaired) electrons. The van der Waals surface area contributed by atoms with Crippen LogP contribution in [0.4, 0.5) is 30.5 Å². The fourth-order valence-corrected chi connectivity index (χ4v) is 6.35. The number of pyridine rings is 1. The van der Waals surface area contributed by atoms with Gasteiger partial charge in [0.1, 0.15) is 18.0 Å². The molecule has 2 N–H and O–H groups in total. The molecule has 0 bridgehead atoms. The number of piperidine rings is 1. The molecule has 4 aromatic rings. The number of halogens is 4. The number of piperazine rings is 1. The Morgan fingerprint density at radius 3 is 2.40 bits per heavy atom. The highest BCUT2D eigenvalue weighted by Crippen LogP contribution is 2.34. The molecular weight excluding hydrogens is 655 g/mol. The van der Waals surface area contributed by atoms with Crippen LogP contribution in [0.5, 0.6) is 5.75 Å². The highest BCUT2D eigenvalue weighted by atomic mass is 35.5. The average molecular weight is 688 g/mol. The van der Waals surface area contributed by atoms with E-state index in [0.29, 0.717) is 36.8 Å². The minimum absolute atomic E-state index is 0.000193. The van der Waals surface area contributed by atoms with Crippen LogP contribution in [0.3, 0.4) is 0 Å². The summed E-state index contributed by atoms with van der Waals surface area (Å²) in [4.78, 5) is 54.7. The third kappa shape index (κ3) is 6.48. The number of hydrogen-bond donors (Lipinski definition) is 2. The van der Waals surface area contributed by atoms with E-state index < -0.39 is 29.1 Å². The third-order valence-corrected chi connectivity index (χ3v) is 8.85. The summed E-state index contributed by atoms with van der Waals surface area (Å²) in [6.45, 7) is 3.94. The Balaban J connectivity index is 1.34. The zero-order valence-corrected chi connectivity index (χ0v) is 26.8. The first-order valence-electron chi connectivity index (χ1n) is 15.6. The number of amides is 2. The van der Waals surface area contributed by atoms with Crippen LogP contribution in [0.25, 0.3) is 5.78 Å². The summed E-state index contributed by atoms with van der Waals surface area (Å²) < 4.78 is 42.3. The molecule has 6 rings (SSSR count). The van der Waals surface area contributed by atoms with Gasteiger partial charge in [0, 0.05) is 45.5 Å². The van der Waals surface area contributed by atoms with Crippen molar-refractivity contribution in [2.24, 2.45) is 0 Å². The second-order valence-electron chi connectivity index (χ2n) is 11.6. The summed E-state index contributed by atoms with van der Waals surface area (Å²) >= 11 is 6.11. The first-order valence-corrected chi connectivity index (χ1v) is 16.0. The molecule has 48 heavy (non-hydrogen) atoms. The molecule has 17 heteroatoms. The van der Waals surface area contributed by atoms with Gasteiger partial charge in [-0.15, -0.1) is 5.10 Å². The molecule has 0 spiro atoms. The maximum atomic E-state index is 14.1. The van der Waals surface area contributed by atoms with Crippen molar-refractivity contribution in [2.45, 2.75) is 45.3 Å². The summed E-state index contributed by atoms with van der Waals surface area (Å²) in [5.74, 6) is -0.753. The van der Waals surface area contributed by atoms with Gasteiger partial charge in [-0.1, -0.05) is 18.5 Å². The second kappa shape index (κ2) is 13.3. The van der Waals surface area contributed by atoms with Gasteiger partial charge in [-0.3, -0.25) is 14.4 Å². The Morgan fingerprint density at radius 2 is 1.75 bits per heavy atom. The lowest BCUT2D eigenvalue weighted by molar-refractivity contribution is -0.137. The Morgan fingerprint density at radius 1 is 1.02 bits per heavy atom. The molecule has 13 nitrogen and oxygen atoms in total. The number of alkyl halides is 3. The Kier molecular flexibility index (Phi) is 9.18. The van der Waals surface area contributed by atoms with E-state index in [-0.39, 0.29) is 60.7 Å². The fourth-order valence-electron chi connectivity index (χ4n) is 6.12. The topological polar surface area (TPSA) is 141 Å². The van der Waals surface area contributed by atoms with Gasteiger partial charge >= 0.3 is 6.18 Å². The molecule has 0 unspecified atom stereocenters. The van der Waals surface area contributed by atoms with Crippen molar-refractivity contribution in [1.29, 1.82) is 0 Å². The predicted molar refractivity (Wildman–Crippen MR) is 172 cm³/mol. The van der Waals surface area contributed by atoms with Crippen LogP contribution < -0.4 is 20.7 Å². The van der Waals surface area contributed by atoms with Crippen LogP contribution in [0.1, 0.15) is 47.9 Å². The van der Waals surface area contributed by atoms with Crippen molar-refractivity contribution in [3.8, 4) is 5.75 Å². The molecule has 5 heterocycles. The van der Waals surface area contributed by atoms with Crippen LogP contribution in [-0.4, -0.2) is 85.2 Å². The average Bonchev–Trinajstić information content (AvgIpc) is 3.53. The molecule has 3 aromatic heterocycles. The van der Waals surface area contributed by atoms with Crippen molar-refractivity contribution < 1.29 is 27.9 Å². The van der Waals surface area contributed by atoms with E-state index in [4.69, 9.17) is 16.6 Å². The molecule has 0 saturated carbocycles. The van der Waals surface area contributed by atoms with Gasteiger partial charge in [0.05, 0.1) is 22.0 Å². The number of benzene rings is 1. The molecule has 0 aliphatic carbocycles. The molecule has 1 aromatic carbocycles. The lowest BCUT2D eigenvalue weighted by atomic mass is 10.1. The molecule has 2 aliphatic rings. The van der Waals surface area contributed by atoms with Gasteiger partial charge in [0.25, 0.3) is 11.5 Å². The van der Waals surface area contributed by atoms with Crippen molar-refractivity contribution in [3.63, 3.8) is 0 Å². The van der Waals surface area contributed by atoms with Gasteiger partial charge < -0.3 is 29.7 Å². The monoisotopic (exact) mass is 687 g/mol. The highest BCUT2D eigenvalue weighted by molar-refractivity contribution is 6.33. The van der Waals surface area contributed by atoms with Gasteiger partial charge in [-0.05, 0) is 56.0 Å². The van der Waals surface area contributed by atoms with Crippen molar-refractivity contribution in [2.75, 3.05) is 54.4 Å².